The van der Waals surface area contributed by atoms with Crippen molar-refractivity contribution in [2.24, 2.45) is 0 Å². The van der Waals surface area contributed by atoms with Gasteiger partial charge in [0.15, 0.2) is 8.32 Å². The van der Waals surface area contributed by atoms with Crippen LogP contribution in [0.25, 0.3) is 0 Å². The van der Waals surface area contributed by atoms with Crippen LogP contribution in [-0.2, 0) is 14.0 Å². The zero-order valence-electron chi connectivity index (χ0n) is 18.9. The van der Waals surface area contributed by atoms with E-state index in [1.807, 2.05) is 20.8 Å². The lowest BCUT2D eigenvalue weighted by molar-refractivity contribution is -0.123. The fourth-order valence-electron chi connectivity index (χ4n) is 2.75. The number of nitrogens with one attached hydrogen (secondary N) is 1. The van der Waals surface area contributed by atoms with Gasteiger partial charge in [-0.3, -0.25) is 4.79 Å². The lowest BCUT2D eigenvalue weighted by atomic mass is 10.0. The summed E-state index contributed by atoms with van der Waals surface area (Å²) >= 11 is 5.70. The Morgan fingerprint density at radius 2 is 1.79 bits per heavy atom. The highest BCUT2D eigenvalue weighted by atomic mass is 35.5. The Bertz CT molecular complexity index is 543. The first-order valence-electron chi connectivity index (χ1n) is 10.2. The molecule has 0 spiro atoms. The van der Waals surface area contributed by atoms with Crippen LogP contribution in [0.2, 0.25) is 18.1 Å². The zero-order valence-corrected chi connectivity index (χ0v) is 20.6. The van der Waals surface area contributed by atoms with Gasteiger partial charge in [-0.25, -0.2) is 4.79 Å². The number of hydrogen-bond donors (Lipinski definition) is 1. The van der Waals surface area contributed by atoms with E-state index in [2.05, 4.69) is 39.2 Å². The smallest absolute Gasteiger partial charge is 0.410 e. The first-order chi connectivity index (χ1) is 12.7. The molecule has 0 radical (unpaired) electrons. The summed E-state index contributed by atoms with van der Waals surface area (Å²) in [6.07, 6.45) is 1.12. The molecule has 1 saturated heterocycles. The van der Waals surface area contributed by atoms with Crippen molar-refractivity contribution in [3.63, 3.8) is 0 Å². The molecule has 28 heavy (non-hydrogen) atoms. The molecule has 0 unspecified atom stereocenters. The van der Waals surface area contributed by atoms with Gasteiger partial charge in [-0.2, -0.15) is 0 Å². The van der Waals surface area contributed by atoms with Crippen molar-refractivity contribution in [2.75, 3.05) is 19.0 Å². The van der Waals surface area contributed by atoms with Crippen LogP contribution in [0, 0.1) is 0 Å². The van der Waals surface area contributed by atoms with E-state index in [-0.39, 0.29) is 29.2 Å². The molecular weight excluding hydrogens is 396 g/mol. The van der Waals surface area contributed by atoms with Crippen LogP contribution in [0.1, 0.15) is 60.8 Å². The molecule has 2 atom stereocenters. The van der Waals surface area contributed by atoms with Gasteiger partial charge < -0.3 is 19.4 Å². The molecule has 1 rings (SSSR count). The van der Waals surface area contributed by atoms with E-state index in [1.165, 1.54) is 0 Å². The average Bonchev–Trinajstić information content (AvgIpc) is 2.51. The van der Waals surface area contributed by atoms with E-state index < -0.39 is 13.9 Å². The maximum Gasteiger partial charge on any atom is 0.410 e. The lowest BCUT2D eigenvalue weighted by Gasteiger charge is -2.45. The first-order valence-corrected chi connectivity index (χ1v) is 13.6. The van der Waals surface area contributed by atoms with E-state index in [0.29, 0.717) is 38.2 Å². The number of carbonyl (C=O) groups excluding carboxylic acids is 2. The van der Waals surface area contributed by atoms with Crippen LogP contribution in [0.15, 0.2) is 0 Å². The predicted molar refractivity (Wildman–Crippen MR) is 116 cm³/mol. The van der Waals surface area contributed by atoms with Crippen LogP contribution in [0.4, 0.5) is 4.79 Å². The summed E-state index contributed by atoms with van der Waals surface area (Å²) in [7, 11) is -2.07. The molecule has 0 bridgehead atoms. The summed E-state index contributed by atoms with van der Waals surface area (Å²) in [5.41, 5.74) is -0.542. The summed E-state index contributed by atoms with van der Waals surface area (Å²) in [6, 6.07) is -0.115. The standard InChI is InChI=1S/C20H39ClN2O4Si/c1-19(2,3)26-18(25)23-13-11-15(22-17(24)10-9-12-21)16(14-23)27-28(7,8)20(4,5)6/h15-16H,9-14H2,1-8H3,(H,22,24)/t15-,16-/m1/s1. The third-order valence-electron chi connectivity index (χ3n) is 5.35. The first kappa shape index (κ1) is 25.2. The Hall–Kier alpha value is -0.793. The second-order valence-electron chi connectivity index (χ2n) is 10.1. The third kappa shape index (κ3) is 7.91. The number of hydrogen-bond acceptors (Lipinski definition) is 4. The predicted octanol–water partition coefficient (Wildman–Crippen LogP) is 4.52. The quantitative estimate of drug-likeness (QED) is 0.492. The van der Waals surface area contributed by atoms with Crippen molar-refractivity contribution in [2.45, 2.75) is 96.7 Å². The van der Waals surface area contributed by atoms with Crippen molar-refractivity contribution >= 4 is 31.9 Å². The molecule has 0 aromatic rings. The Kier molecular flexibility index (Phi) is 8.84. The number of alkyl halides is 1. The Balaban J connectivity index is 2.92. The number of halogens is 1. The minimum atomic E-state index is -2.07. The van der Waals surface area contributed by atoms with Crippen LogP contribution in [0.5, 0.6) is 0 Å². The maximum atomic E-state index is 12.5. The highest BCUT2D eigenvalue weighted by molar-refractivity contribution is 6.74. The number of rotatable bonds is 6. The van der Waals surface area contributed by atoms with Gasteiger partial charge >= 0.3 is 6.09 Å². The van der Waals surface area contributed by atoms with Crippen LogP contribution in [0.3, 0.4) is 0 Å². The summed E-state index contributed by atoms with van der Waals surface area (Å²) in [5.74, 6) is 0.453. The van der Waals surface area contributed by atoms with Crippen molar-refractivity contribution in [3.05, 3.63) is 0 Å². The average molecular weight is 435 g/mol. The van der Waals surface area contributed by atoms with Gasteiger partial charge in [-0.1, -0.05) is 20.8 Å². The molecule has 1 N–H and O–H groups in total. The monoisotopic (exact) mass is 434 g/mol. The molecule has 1 aliphatic rings. The summed E-state index contributed by atoms with van der Waals surface area (Å²) < 4.78 is 12.2. The Labute approximate surface area is 176 Å². The van der Waals surface area contributed by atoms with E-state index in [0.717, 1.165) is 0 Å². The molecule has 2 amide bonds. The molecule has 0 aliphatic carbocycles. The van der Waals surface area contributed by atoms with Crippen molar-refractivity contribution < 1.29 is 18.8 Å². The number of piperidine rings is 1. The fourth-order valence-corrected chi connectivity index (χ4v) is 4.24. The van der Waals surface area contributed by atoms with Crippen LogP contribution in [-0.4, -0.2) is 61.9 Å². The molecule has 164 valence electrons. The zero-order chi connectivity index (χ0) is 21.8. The van der Waals surface area contributed by atoms with Crippen molar-refractivity contribution in [3.8, 4) is 0 Å². The summed E-state index contributed by atoms with van der Waals surface area (Å²) in [4.78, 5) is 26.5. The van der Waals surface area contributed by atoms with Gasteiger partial charge in [-0.15, -0.1) is 11.6 Å². The number of likely N-dealkylation sites (tertiary alicyclic amines) is 1. The molecule has 0 aromatic carbocycles. The minimum absolute atomic E-state index is 0.0137. The highest BCUT2D eigenvalue weighted by Gasteiger charge is 2.43. The summed E-state index contributed by atoms with van der Waals surface area (Å²) in [5, 5.41) is 3.14. The van der Waals surface area contributed by atoms with E-state index in [4.69, 9.17) is 20.8 Å². The number of carbonyl (C=O) groups is 2. The van der Waals surface area contributed by atoms with Crippen molar-refractivity contribution in [1.29, 1.82) is 0 Å². The van der Waals surface area contributed by atoms with Gasteiger partial charge in [0, 0.05) is 18.8 Å². The number of amides is 2. The molecule has 0 saturated carbocycles. The van der Waals surface area contributed by atoms with Gasteiger partial charge in [0.1, 0.15) is 5.60 Å². The van der Waals surface area contributed by atoms with E-state index in [9.17, 15) is 9.59 Å². The van der Waals surface area contributed by atoms with Crippen LogP contribution >= 0.6 is 11.6 Å². The van der Waals surface area contributed by atoms with Gasteiger partial charge in [0.05, 0.1) is 18.7 Å². The van der Waals surface area contributed by atoms with E-state index >= 15 is 0 Å². The van der Waals surface area contributed by atoms with Gasteiger partial charge in [-0.05, 0) is 51.7 Å². The van der Waals surface area contributed by atoms with E-state index in [1.54, 1.807) is 4.90 Å². The Morgan fingerprint density at radius 1 is 1.18 bits per heavy atom. The van der Waals surface area contributed by atoms with Gasteiger partial charge in [0.25, 0.3) is 0 Å². The second-order valence-corrected chi connectivity index (χ2v) is 15.2. The molecule has 1 fully saturated rings. The number of ether oxygens (including phenoxy) is 1. The largest absolute Gasteiger partial charge is 0.444 e. The van der Waals surface area contributed by atoms with Crippen LogP contribution < -0.4 is 5.32 Å². The SMILES string of the molecule is CC(C)(C)OC(=O)N1CC[C@@H](NC(=O)CCCCl)[C@H](O[Si](C)(C)C(C)(C)C)C1. The summed E-state index contributed by atoms with van der Waals surface area (Å²) in [6.45, 7) is 17.5. The van der Waals surface area contributed by atoms with Crippen molar-refractivity contribution in [1.82, 2.24) is 10.2 Å². The molecule has 1 heterocycles. The second kappa shape index (κ2) is 9.81. The molecule has 1 aliphatic heterocycles. The fraction of sp³-hybridized carbons (Fsp3) is 0.900. The highest BCUT2D eigenvalue weighted by Crippen LogP contribution is 2.38. The topological polar surface area (TPSA) is 67.9 Å². The third-order valence-corrected chi connectivity index (χ3v) is 10.1. The molecule has 8 heteroatoms. The number of nitrogens with zero attached hydrogens (tertiary/aromatic N) is 1. The maximum absolute atomic E-state index is 12.5. The molecule has 6 nitrogen and oxygen atoms in total. The molecular formula is C20H39ClN2O4Si. The van der Waals surface area contributed by atoms with Gasteiger partial charge in [0.2, 0.25) is 5.91 Å². The molecule has 0 aromatic heterocycles. The Morgan fingerprint density at radius 3 is 2.29 bits per heavy atom. The lowest BCUT2D eigenvalue weighted by Crippen LogP contribution is -2.60. The normalized spacial score (nSPS) is 21.4. The minimum Gasteiger partial charge on any atom is -0.444 e.